The minimum Gasteiger partial charge on any atom is -0.481 e. The van der Waals surface area contributed by atoms with Crippen molar-refractivity contribution in [1.29, 1.82) is 5.26 Å². The highest BCUT2D eigenvalue weighted by Crippen LogP contribution is 2.34. The lowest BCUT2D eigenvalue weighted by Crippen LogP contribution is -1.93. The number of nitriles is 1. The first kappa shape index (κ1) is 14.6. The van der Waals surface area contributed by atoms with Gasteiger partial charge in [-0.25, -0.2) is 0 Å². The Morgan fingerprint density at radius 2 is 2.09 bits per heavy atom. The van der Waals surface area contributed by atoms with Gasteiger partial charge in [-0.2, -0.15) is 5.26 Å². The van der Waals surface area contributed by atoms with Gasteiger partial charge in [0.05, 0.1) is 11.6 Å². The smallest absolute Gasteiger partial charge is 0.231 e. The molecule has 0 saturated carbocycles. The van der Waals surface area contributed by atoms with E-state index < -0.39 is 0 Å². The van der Waals surface area contributed by atoms with Gasteiger partial charge in [-0.3, -0.25) is 0 Å². The Morgan fingerprint density at radius 1 is 1.22 bits per heavy atom. The molecule has 0 bridgehead atoms. The zero-order chi connectivity index (χ0) is 16.1. The van der Waals surface area contributed by atoms with E-state index in [0.717, 1.165) is 11.1 Å². The molecule has 1 aliphatic heterocycles. The van der Waals surface area contributed by atoms with E-state index in [0.29, 0.717) is 22.8 Å². The number of rotatable bonds is 4. The summed E-state index contributed by atoms with van der Waals surface area (Å²) in [6.07, 6.45) is 6.98. The van der Waals surface area contributed by atoms with Crippen LogP contribution in [0.25, 0.3) is 11.6 Å². The first-order valence-electron chi connectivity index (χ1n) is 6.98. The van der Waals surface area contributed by atoms with Gasteiger partial charge < -0.3 is 14.2 Å². The van der Waals surface area contributed by atoms with Gasteiger partial charge in [0.2, 0.25) is 6.79 Å². The molecule has 1 aliphatic rings. The van der Waals surface area contributed by atoms with Crippen molar-refractivity contribution < 1.29 is 14.2 Å². The fourth-order valence-corrected chi connectivity index (χ4v) is 2.23. The number of nitrogens with zero attached hydrogens (tertiary/aromatic N) is 1. The Bertz CT molecular complexity index is 840. The summed E-state index contributed by atoms with van der Waals surface area (Å²) in [6, 6.07) is 15.1. The molecule has 4 nitrogen and oxygen atoms in total. The topological polar surface area (TPSA) is 51.5 Å². The van der Waals surface area contributed by atoms with Crippen LogP contribution in [0.15, 0.2) is 42.5 Å². The third kappa shape index (κ3) is 3.28. The van der Waals surface area contributed by atoms with E-state index in [4.69, 9.17) is 20.6 Å². The molecule has 4 heteroatoms. The highest BCUT2D eigenvalue weighted by atomic mass is 16.7. The van der Waals surface area contributed by atoms with Crippen LogP contribution in [-0.2, 0) is 0 Å². The van der Waals surface area contributed by atoms with Gasteiger partial charge in [-0.1, -0.05) is 18.1 Å². The molecule has 0 radical (unpaired) electrons. The van der Waals surface area contributed by atoms with Crippen LogP contribution in [0.3, 0.4) is 0 Å². The molecule has 0 saturated heterocycles. The number of ether oxygens (including phenoxy) is 3. The lowest BCUT2D eigenvalue weighted by atomic mass is 10.0. The van der Waals surface area contributed by atoms with Crippen LogP contribution in [0.5, 0.6) is 17.2 Å². The second kappa shape index (κ2) is 6.60. The number of hydrogen-bond donors (Lipinski definition) is 0. The molecule has 3 rings (SSSR count). The van der Waals surface area contributed by atoms with Gasteiger partial charge in [-0.15, -0.1) is 6.42 Å². The van der Waals surface area contributed by atoms with Crippen LogP contribution in [0.4, 0.5) is 0 Å². The summed E-state index contributed by atoms with van der Waals surface area (Å²) in [5, 5.41) is 9.45. The maximum absolute atomic E-state index is 9.45. The molecule has 23 heavy (non-hydrogen) atoms. The molecule has 2 aromatic rings. The van der Waals surface area contributed by atoms with E-state index in [9.17, 15) is 5.26 Å². The van der Waals surface area contributed by atoms with Crippen molar-refractivity contribution in [2.24, 2.45) is 0 Å². The highest BCUT2D eigenvalue weighted by molar-refractivity contribution is 5.90. The van der Waals surface area contributed by atoms with Gasteiger partial charge in [0.15, 0.2) is 11.5 Å². The standard InChI is InChI=1S/C19H13NO3/c1-2-8-21-17-5-3-4-14(10-17)9-16(12-20)15-6-7-18-19(11-15)23-13-22-18/h1,3-7,9-11H,8,13H2/b16-9-. The van der Waals surface area contributed by atoms with Crippen molar-refractivity contribution in [1.82, 2.24) is 0 Å². The lowest BCUT2D eigenvalue weighted by Gasteiger charge is -2.04. The second-order valence-corrected chi connectivity index (χ2v) is 4.80. The van der Waals surface area contributed by atoms with Crippen molar-refractivity contribution in [3.8, 4) is 35.7 Å². The molecular formula is C19H13NO3. The van der Waals surface area contributed by atoms with Gasteiger partial charge in [-0.05, 0) is 47.5 Å². The van der Waals surface area contributed by atoms with Crippen LogP contribution in [0.2, 0.25) is 0 Å². The van der Waals surface area contributed by atoms with Crippen molar-refractivity contribution >= 4 is 11.6 Å². The molecule has 0 N–H and O–H groups in total. The van der Waals surface area contributed by atoms with Crippen molar-refractivity contribution in [2.45, 2.75) is 0 Å². The Balaban J connectivity index is 1.90. The van der Waals surface area contributed by atoms with Gasteiger partial charge in [0, 0.05) is 0 Å². The molecule has 0 amide bonds. The summed E-state index contributed by atoms with van der Waals surface area (Å²) >= 11 is 0. The van der Waals surface area contributed by atoms with E-state index in [1.54, 1.807) is 18.2 Å². The average Bonchev–Trinajstić information content (AvgIpc) is 3.06. The number of terminal acetylenes is 1. The van der Waals surface area contributed by atoms with Gasteiger partial charge in [0.25, 0.3) is 0 Å². The minimum absolute atomic E-state index is 0.207. The Labute approximate surface area is 134 Å². The van der Waals surface area contributed by atoms with Crippen LogP contribution in [0.1, 0.15) is 11.1 Å². The average molecular weight is 303 g/mol. The monoisotopic (exact) mass is 303 g/mol. The fraction of sp³-hybridized carbons (Fsp3) is 0.105. The van der Waals surface area contributed by atoms with E-state index in [1.807, 2.05) is 30.3 Å². The third-order valence-corrected chi connectivity index (χ3v) is 3.30. The summed E-state index contributed by atoms with van der Waals surface area (Å²) in [5.41, 5.74) is 2.15. The maximum Gasteiger partial charge on any atom is 0.231 e. The van der Waals surface area contributed by atoms with Crippen LogP contribution in [0, 0.1) is 23.7 Å². The van der Waals surface area contributed by atoms with Crippen LogP contribution < -0.4 is 14.2 Å². The largest absolute Gasteiger partial charge is 0.481 e. The van der Waals surface area contributed by atoms with Crippen molar-refractivity contribution in [3.63, 3.8) is 0 Å². The number of hydrogen-bond acceptors (Lipinski definition) is 4. The zero-order valence-electron chi connectivity index (χ0n) is 12.3. The van der Waals surface area contributed by atoms with Crippen molar-refractivity contribution in [3.05, 3.63) is 53.6 Å². The zero-order valence-corrected chi connectivity index (χ0v) is 12.3. The summed E-state index contributed by atoms with van der Waals surface area (Å²) < 4.78 is 16.0. The van der Waals surface area contributed by atoms with E-state index in [2.05, 4.69) is 12.0 Å². The Kier molecular flexibility index (Phi) is 4.18. The van der Waals surface area contributed by atoms with E-state index >= 15 is 0 Å². The fourth-order valence-electron chi connectivity index (χ4n) is 2.23. The molecule has 112 valence electrons. The molecular weight excluding hydrogens is 290 g/mol. The molecule has 0 aromatic heterocycles. The number of benzene rings is 2. The number of allylic oxidation sites excluding steroid dienone is 1. The highest BCUT2D eigenvalue weighted by Gasteiger charge is 2.14. The van der Waals surface area contributed by atoms with Crippen molar-refractivity contribution in [2.75, 3.05) is 13.4 Å². The van der Waals surface area contributed by atoms with Gasteiger partial charge in [0.1, 0.15) is 12.4 Å². The Morgan fingerprint density at radius 3 is 2.91 bits per heavy atom. The molecule has 0 unspecified atom stereocenters. The van der Waals surface area contributed by atoms with Crippen LogP contribution >= 0.6 is 0 Å². The van der Waals surface area contributed by atoms with E-state index in [-0.39, 0.29) is 13.4 Å². The van der Waals surface area contributed by atoms with Crippen LogP contribution in [-0.4, -0.2) is 13.4 Å². The maximum atomic E-state index is 9.45. The second-order valence-electron chi connectivity index (χ2n) is 4.80. The predicted molar refractivity (Wildman–Crippen MR) is 86.8 cm³/mol. The first-order valence-corrected chi connectivity index (χ1v) is 6.98. The normalized spacial score (nSPS) is 12.3. The summed E-state index contributed by atoms with van der Waals surface area (Å²) in [5.74, 6) is 4.43. The third-order valence-electron chi connectivity index (χ3n) is 3.30. The summed E-state index contributed by atoms with van der Waals surface area (Å²) in [4.78, 5) is 0. The molecule has 0 fully saturated rings. The first-order chi connectivity index (χ1) is 11.3. The molecule has 2 aromatic carbocycles. The molecule has 0 spiro atoms. The summed E-state index contributed by atoms with van der Waals surface area (Å²) in [6.45, 7) is 0.416. The van der Waals surface area contributed by atoms with Gasteiger partial charge >= 0.3 is 0 Å². The predicted octanol–water partition coefficient (Wildman–Crippen LogP) is 3.49. The SMILES string of the molecule is C#CCOc1cccc(/C=C(/C#N)c2ccc3c(c2)OCO3)c1. The van der Waals surface area contributed by atoms with E-state index in [1.165, 1.54) is 0 Å². The Hall–Kier alpha value is -3.37. The lowest BCUT2D eigenvalue weighted by molar-refractivity contribution is 0.174. The minimum atomic E-state index is 0.207. The molecule has 0 aliphatic carbocycles. The quantitative estimate of drug-likeness (QED) is 0.493. The molecule has 0 atom stereocenters. The summed E-state index contributed by atoms with van der Waals surface area (Å²) in [7, 11) is 0. The molecule has 1 heterocycles. The number of fused-ring (bicyclic) bond motifs is 1.